The molecule has 0 aliphatic heterocycles. The summed E-state index contributed by atoms with van der Waals surface area (Å²) in [5, 5.41) is 3.76. The van der Waals surface area contributed by atoms with E-state index in [1.807, 2.05) is 0 Å². The fourth-order valence-corrected chi connectivity index (χ4v) is 3.83. The number of benzene rings is 1. The van der Waals surface area contributed by atoms with Gasteiger partial charge in [-0.3, -0.25) is 0 Å². The average Bonchev–Trinajstić information content (AvgIpc) is 2.95. The Morgan fingerprint density at radius 2 is 1.90 bits per heavy atom. The zero-order valence-corrected chi connectivity index (χ0v) is 14.3. The van der Waals surface area contributed by atoms with Crippen molar-refractivity contribution in [3.63, 3.8) is 0 Å². The van der Waals surface area contributed by atoms with Gasteiger partial charge in [0, 0.05) is 6.04 Å². The van der Waals surface area contributed by atoms with Crippen LogP contribution in [0.15, 0.2) is 18.2 Å². The minimum Gasteiger partial charge on any atom is -0.314 e. The Labute approximate surface area is 131 Å². The lowest BCUT2D eigenvalue weighted by Gasteiger charge is -2.27. The number of aryl methyl sites for hydroxylation is 2. The molecule has 1 nitrogen and oxygen atoms in total. The van der Waals surface area contributed by atoms with Gasteiger partial charge in [0.05, 0.1) is 0 Å². The molecular weight excluding hydrogens is 254 g/mol. The maximum Gasteiger partial charge on any atom is 0.0135 e. The number of hydrogen-bond donors (Lipinski definition) is 1. The molecule has 0 bridgehead atoms. The third-order valence-corrected chi connectivity index (χ3v) is 5.11. The summed E-state index contributed by atoms with van der Waals surface area (Å²) in [7, 11) is 0. The first-order valence-corrected chi connectivity index (χ1v) is 9.12. The molecule has 1 aliphatic rings. The quantitative estimate of drug-likeness (QED) is 0.680. The molecule has 21 heavy (non-hydrogen) atoms. The van der Waals surface area contributed by atoms with E-state index in [1.54, 1.807) is 11.1 Å². The van der Waals surface area contributed by atoms with Gasteiger partial charge in [0.1, 0.15) is 0 Å². The van der Waals surface area contributed by atoms with Crippen LogP contribution < -0.4 is 5.32 Å². The molecule has 0 radical (unpaired) electrons. The number of unbranched alkanes of at least 4 members (excludes halogenated alkanes) is 1. The van der Waals surface area contributed by atoms with Crippen LogP contribution in [-0.2, 0) is 19.3 Å². The van der Waals surface area contributed by atoms with Gasteiger partial charge in [-0.1, -0.05) is 58.2 Å². The summed E-state index contributed by atoms with van der Waals surface area (Å²) in [5.74, 6) is 0.818. The smallest absolute Gasteiger partial charge is 0.0135 e. The molecule has 0 saturated carbocycles. The van der Waals surface area contributed by atoms with Crippen molar-refractivity contribution in [1.82, 2.24) is 5.32 Å². The van der Waals surface area contributed by atoms with Crippen molar-refractivity contribution in [3.8, 4) is 0 Å². The third-order valence-electron chi connectivity index (χ3n) is 5.11. The molecule has 1 aliphatic carbocycles. The van der Waals surface area contributed by atoms with Crippen molar-refractivity contribution >= 4 is 0 Å². The van der Waals surface area contributed by atoms with Crippen LogP contribution in [0.3, 0.4) is 0 Å². The van der Waals surface area contributed by atoms with E-state index in [0.717, 1.165) is 12.5 Å². The molecule has 1 N–H and O–H groups in total. The zero-order chi connectivity index (χ0) is 15.1. The molecule has 0 amide bonds. The second-order valence-corrected chi connectivity index (χ2v) is 6.64. The molecule has 2 unspecified atom stereocenters. The topological polar surface area (TPSA) is 12.0 Å². The molecule has 1 heteroatoms. The predicted octanol–water partition coefficient (Wildman–Crippen LogP) is 4.91. The van der Waals surface area contributed by atoms with Crippen LogP contribution in [0, 0.1) is 5.92 Å². The minimum absolute atomic E-state index is 0.644. The zero-order valence-electron chi connectivity index (χ0n) is 14.3. The summed E-state index contributed by atoms with van der Waals surface area (Å²) < 4.78 is 0. The van der Waals surface area contributed by atoms with Gasteiger partial charge in [0.25, 0.3) is 0 Å². The highest BCUT2D eigenvalue weighted by Crippen LogP contribution is 2.25. The number of likely N-dealkylation sites (N-methyl/N-ethyl adjacent to an activating group) is 1. The Hall–Kier alpha value is -0.820. The Kier molecular flexibility index (Phi) is 6.76. The van der Waals surface area contributed by atoms with Gasteiger partial charge in [-0.2, -0.15) is 0 Å². The third kappa shape index (κ3) is 4.57. The maximum absolute atomic E-state index is 3.76. The van der Waals surface area contributed by atoms with E-state index >= 15 is 0 Å². The summed E-state index contributed by atoms with van der Waals surface area (Å²) in [6, 6.07) is 7.89. The molecule has 118 valence electrons. The van der Waals surface area contributed by atoms with E-state index in [0.29, 0.717) is 6.04 Å². The Balaban J connectivity index is 2.04. The minimum atomic E-state index is 0.644. The highest BCUT2D eigenvalue weighted by atomic mass is 14.9. The van der Waals surface area contributed by atoms with Crippen molar-refractivity contribution in [2.24, 2.45) is 5.92 Å². The molecule has 0 aromatic heterocycles. The second kappa shape index (κ2) is 8.58. The fourth-order valence-electron chi connectivity index (χ4n) is 3.83. The van der Waals surface area contributed by atoms with Gasteiger partial charge < -0.3 is 5.32 Å². The van der Waals surface area contributed by atoms with Crippen LogP contribution in [0.4, 0.5) is 0 Å². The van der Waals surface area contributed by atoms with Crippen molar-refractivity contribution in [2.75, 3.05) is 6.54 Å². The van der Waals surface area contributed by atoms with Crippen LogP contribution in [0.2, 0.25) is 0 Å². The predicted molar refractivity (Wildman–Crippen MR) is 92.9 cm³/mol. The SMILES string of the molecule is CCCCC(CC)C(Cc1ccc2c(c1)CCC2)NCC. The first kappa shape index (κ1) is 16.5. The highest BCUT2D eigenvalue weighted by molar-refractivity contribution is 5.35. The largest absolute Gasteiger partial charge is 0.314 e. The van der Waals surface area contributed by atoms with E-state index in [9.17, 15) is 0 Å². The first-order chi connectivity index (χ1) is 10.3. The Morgan fingerprint density at radius 3 is 2.62 bits per heavy atom. The Bertz CT molecular complexity index is 424. The van der Waals surface area contributed by atoms with Crippen LogP contribution in [0.5, 0.6) is 0 Å². The molecule has 0 saturated heterocycles. The summed E-state index contributed by atoms with van der Waals surface area (Å²) in [5.41, 5.74) is 4.75. The standard InChI is InChI=1S/C20H33N/c1-4-7-9-17(5-2)20(21-6-3)15-16-12-13-18-10-8-11-19(18)14-16/h12-14,17,20-21H,4-11,15H2,1-3H3. The van der Waals surface area contributed by atoms with Crippen molar-refractivity contribution in [1.29, 1.82) is 0 Å². The maximum atomic E-state index is 3.76. The van der Waals surface area contributed by atoms with E-state index in [1.165, 1.54) is 56.9 Å². The normalized spacial score (nSPS) is 16.7. The fraction of sp³-hybridized carbons (Fsp3) is 0.700. The van der Waals surface area contributed by atoms with Crippen LogP contribution >= 0.6 is 0 Å². The molecule has 1 aromatic rings. The monoisotopic (exact) mass is 287 g/mol. The highest BCUT2D eigenvalue weighted by Gasteiger charge is 2.20. The molecule has 1 aromatic carbocycles. The molecule has 0 fully saturated rings. The van der Waals surface area contributed by atoms with Crippen LogP contribution in [0.25, 0.3) is 0 Å². The van der Waals surface area contributed by atoms with E-state index < -0.39 is 0 Å². The molecule has 2 atom stereocenters. The lowest BCUT2D eigenvalue weighted by atomic mass is 9.87. The first-order valence-electron chi connectivity index (χ1n) is 9.12. The van der Waals surface area contributed by atoms with Gasteiger partial charge in [-0.15, -0.1) is 0 Å². The van der Waals surface area contributed by atoms with E-state index in [2.05, 4.69) is 44.3 Å². The van der Waals surface area contributed by atoms with E-state index in [4.69, 9.17) is 0 Å². The van der Waals surface area contributed by atoms with Gasteiger partial charge in [0.2, 0.25) is 0 Å². The number of nitrogens with one attached hydrogen (secondary N) is 1. The van der Waals surface area contributed by atoms with Crippen molar-refractivity contribution in [2.45, 2.75) is 78.2 Å². The lowest BCUT2D eigenvalue weighted by Crippen LogP contribution is -2.38. The summed E-state index contributed by atoms with van der Waals surface area (Å²) in [6.45, 7) is 7.98. The summed E-state index contributed by atoms with van der Waals surface area (Å²) in [4.78, 5) is 0. The second-order valence-electron chi connectivity index (χ2n) is 6.64. The van der Waals surface area contributed by atoms with Gasteiger partial charge in [-0.05, 0) is 61.3 Å². The summed E-state index contributed by atoms with van der Waals surface area (Å²) in [6.07, 6.45) is 10.5. The van der Waals surface area contributed by atoms with Gasteiger partial charge >= 0.3 is 0 Å². The molecule has 2 rings (SSSR count). The molecule has 0 heterocycles. The molecule has 0 spiro atoms. The number of rotatable bonds is 9. The number of hydrogen-bond acceptors (Lipinski definition) is 1. The number of fused-ring (bicyclic) bond motifs is 1. The average molecular weight is 287 g/mol. The van der Waals surface area contributed by atoms with Gasteiger partial charge in [0.15, 0.2) is 0 Å². The van der Waals surface area contributed by atoms with E-state index in [-0.39, 0.29) is 0 Å². The summed E-state index contributed by atoms with van der Waals surface area (Å²) >= 11 is 0. The van der Waals surface area contributed by atoms with Crippen LogP contribution in [-0.4, -0.2) is 12.6 Å². The lowest BCUT2D eigenvalue weighted by molar-refractivity contribution is 0.319. The van der Waals surface area contributed by atoms with Gasteiger partial charge in [-0.25, -0.2) is 0 Å². The van der Waals surface area contributed by atoms with Crippen LogP contribution in [0.1, 0.15) is 69.6 Å². The van der Waals surface area contributed by atoms with Crippen molar-refractivity contribution < 1.29 is 0 Å². The molecular formula is C20H33N. The Morgan fingerprint density at radius 1 is 1.10 bits per heavy atom. The van der Waals surface area contributed by atoms with Crippen molar-refractivity contribution in [3.05, 3.63) is 34.9 Å².